The molecule has 3 atom stereocenters. The van der Waals surface area contributed by atoms with Gasteiger partial charge in [0.25, 0.3) is 0 Å². The summed E-state index contributed by atoms with van der Waals surface area (Å²) in [6, 6.07) is 4.03. The van der Waals surface area contributed by atoms with Gasteiger partial charge in [-0.25, -0.2) is 4.99 Å². The number of rotatable bonds is 6. The first kappa shape index (κ1) is 17.9. The minimum Gasteiger partial charge on any atom is -0.466 e. The number of hydrogen-bond donors (Lipinski definition) is 3. The summed E-state index contributed by atoms with van der Waals surface area (Å²) in [5, 5.41) is 17.3. The van der Waals surface area contributed by atoms with Crippen LogP contribution in [0.25, 0.3) is 0 Å². The Hall–Kier alpha value is -1.49. The van der Waals surface area contributed by atoms with Crippen LogP contribution in [0.4, 0.5) is 0 Å². The molecule has 3 N–H and O–H groups in total. The Morgan fingerprint density at radius 1 is 1.43 bits per heavy atom. The fourth-order valence-corrected chi connectivity index (χ4v) is 3.20. The highest BCUT2D eigenvalue weighted by Gasteiger charge is 2.26. The fraction of sp³-hybridized carbons (Fsp3) is 0.722. The average molecular weight is 321 g/mol. The summed E-state index contributed by atoms with van der Waals surface area (Å²) in [6.07, 6.45) is 7.84. The lowest BCUT2D eigenvalue weighted by Gasteiger charge is -2.30. The summed E-state index contributed by atoms with van der Waals surface area (Å²) < 4.78 is 5.31. The van der Waals surface area contributed by atoms with Crippen molar-refractivity contribution in [1.82, 2.24) is 10.6 Å². The van der Waals surface area contributed by atoms with Gasteiger partial charge in [-0.2, -0.15) is 0 Å². The molecule has 3 unspecified atom stereocenters. The van der Waals surface area contributed by atoms with Gasteiger partial charge in [-0.1, -0.05) is 26.2 Å². The molecule has 5 heteroatoms. The zero-order chi connectivity index (χ0) is 16.7. The number of guanidine groups is 1. The van der Waals surface area contributed by atoms with Crippen LogP contribution in [0.2, 0.25) is 0 Å². The SMILES string of the molecule is CCNC(=NCC(C)(O)c1ccco1)NC1CCCC(CC)C1. The topological polar surface area (TPSA) is 69.8 Å². The van der Waals surface area contributed by atoms with Crippen molar-refractivity contribution in [2.45, 2.75) is 64.5 Å². The molecule has 0 amide bonds. The zero-order valence-corrected chi connectivity index (χ0v) is 14.6. The van der Waals surface area contributed by atoms with Crippen LogP contribution < -0.4 is 10.6 Å². The molecule has 1 aromatic heterocycles. The second kappa shape index (κ2) is 8.39. The van der Waals surface area contributed by atoms with Gasteiger partial charge in [0, 0.05) is 12.6 Å². The molecule has 2 rings (SSSR count). The van der Waals surface area contributed by atoms with E-state index in [0.29, 0.717) is 11.8 Å². The number of aliphatic hydroxyl groups is 1. The van der Waals surface area contributed by atoms with Crippen molar-refractivity contribution in [2.24, 2.45) is 10.9 Å². The molecule has 1 saturated carbocycles. The normalized spacial score (nSPS) is 25.0. The molecule has 0 aliphatic heterocycles. The summed E-state index contributed by atoms with van der Waals surface area (Å²) in [5.74, 6) is 2.14. The van der Waals surface area contributed by atoms with Crippen LogP contribution in [-0.2, 0) is 5.60 Å². The van der Waals surface area contributed by atoms with Gasteiger partial charge in [-0.3, -0.25) is 0 Å². The summed E-state index contributed by atoms with van der Waals surface area (Å²) >= 11 is 0. The van der Waals surface area contributed by atoms with Gasteiger partial charge in [0.05, 0.1) is 12.8 Å². The Labute approximate surface area is 139 Å². The Balaban J connectivity index is 1.97. The first-order valence-corrected chi connectivity index (χ1v) is 8.86. The quantitative estimate of drug-likeness (QED) is 0.556. The number of nitrogens with one attached hydrogen (secondary N) is 2. The molecule has 5 nitrogen and oxygen atoms in total. The van der Waals surface area contributed by atoms with Crippen LogP contribution in [0.15, 0.2) is 27.8 Å². The van der Waals surface area contributed by atoms with Crippen molar-refractivity contribution in [3.05, 3.63) is 24.2 Å². The van der Waals surface area contributed by atoms with Crippen LogP contribution in [0.5, 0.6) is 0 Å². The van der Waals surface area contributed by atoms with E-state index < -0.39 is 5.60 Å². The van der Waals surface area contributed by atoms with Crippen LogP contribution in [0.3, 0.4) is 0 Å². The minimum absolute atomic E-state index is 0.264. The van der Waals surface area contributed by atoms with Crippen LogP contribution in [-0.4, -0.2) is 30.2 Å². The second-order valence-corrected chi connectivity index (χ2v) is 6.73. The van der Waals surface area contributed by atoms with E-state index >= 15 is 0 Å². The standard InChI is InChI=1S/C18H31N3O2/c1-4-14-8-6-9-15(12-14)21-17(19-5-2)20-13-18(3,22)16-10-7-11-23-16/h7,10-11,14-15,22H,4-6,8-9,12-13H2,1-3H3,(H2,19,20,21). The van der Waals surface area contributed by atoms with Crippen LogP contribution in [0.1, 0.15) is 58.6 Å². The predicted octanol–water partition coefficient (Wildman–Crippen LogP) is 3.01. The number of aliphatic imine (C=N–C) groups is 1. The van der Waals surface area contributed by atoms with E-state index in [0.717, 1.165) is 18.4 Å². The van der Waals surface area contributed by atoms with E-state index in [9.17, 15) is 5.11 Å². The van der Waals surface area contributed by atoms with Crippen molar-refractivity contribution in [2.75, 3.05) is 13.1 Å². The first-order valence-electron chi connectivity index (χ1n) is 8.86. The summed E-state index contributed by atoms with van der Waals surface area (Å²) in [6.45, 7) is 7.12. The largest absolute Gasteiger partial charge is 0.466 e. The average Bonchev–Trinajstić information content (AvgIpc) is 3.08. The second-order valence-electron chi connectivity index (χ2n) is 6.73. The lowest BCUT2D eigenvalue weighted by Crippen LogP contribution is -2.46. The lowest BCUT2D eigenvalue weighted by molar-refractivity contribution is 0.0436. The smallest absolute Gasteiger partial charge is 0.191 e. The number of nitrogens with zero attached hydrogens (tertiary/aromatic N) is 1. The molecule has 0 aromatic carbocycles. The fourth-order valence-electron chi connectivity index (χ4n) is 3.20. The molecule has 130 valence electrons. The minimum atomic E-state index is -1.09. The van der Waals surface area contributed by atoms with Gasteiger partial charge in [-0.15, -0.1) is 0 Å². The van der Waals surface area contributed by atoms with E-state index in [1.807, 2.05) is 0 Å². The molecule has 1 aliphatic carbocycles. The molecule has 23 heavy (non-hydrogen) atoms. The molecule has 1 fully saturated rings. The van der Waals surface area contributed by atoms with Crippen molar-refractivity contribution < 1.29 is 9.52 Å². The first-order chi connectivity index (χ1) is 11.0. The maximum atomic E-state index is 10.5. The third-order valence-corrected chi connectivity index (χ3v) is 4.64. The monoisotopic (exact) mass is 321 g/mol. The Kier molecular flexibility index (Phi) is 6.51. The van der Waals surface area contributed by atoms with Gasteiger partial charge < -0.3 is 20.2 Å². The molecule has 0 spiro atoms. The van der Waals surface area contributed by atoms with Crippen molar-refractivity contribution in [1.29, 1.82) is 0 Å². The molecule has 0 radical (unpaired) electrons. The third-order valence-electron chi connectivity index (χ3n) is 4.64. The maximum Gasteiger partial charge on any atom is 0.191 e. The molecule has 0 bridgehead atoms. The van der Waals surface area contributed by atoms with E-state index in [2.05, 4.69) is 29.5 Å². The van der Waals surface area contributed by atoms with Gasteiger partial charge in [0.2, 0.25) is 0 Å². The molecule has 0 saturated heterocycles. The molecule has 1 aliphatic rings. The van der Waals surface area contributed by atoms with E-state index in [-0.39, 0.29) is 6.54 Å². The van der Waals surface area contributed by atoms with Crippen molar-refractivity contribution >= 4 is 5.96 Å². The van der Waals surface area contributed by atoms with Crippen molar-refractivity contribution in [3.63, 3.8) is 0 Å². The van der Waals surface area contributed by atoms with Gasteiger partial charge in [0.15, 0.2) is 5.96 Å². The number of furan rings is 1. The highest BCUT2D eigenvalue weighted by atomic mass is 16.4. The Morgan fingerprint density at radius 3 is 2.91 bits per heavy atom. The van der Waals surface area contributed by atoms with Gasteiger partial charge in [0.1, 0.15) is 11.4 Å². The Bertz CT molecular complexity index is 482. The molecule has 1 aromatic rings. The molecule has 1 heterocycles. The molecular weight excluding hydrogens is 290 g/mol. The third kappa shape index (κ3) is 5.27. The number of hydrogen-bond acceptors (Lipinski definition) is 3. The van der Waals surface area contributed by atoms with E-state index in [1.165, 1.54) is 32.1 Å². The van der Waals surface area contributed by atoms with Crippen LogP contribution >= 0.6 is 0 Å². The van der Waals surface area contributed by atoms with Crippen LogP contribution in [0, 0.1) is 5.92 Å². The van der Waals surface area contributed by atoms with E-state index in [4.69, 9.17) is 4.42 Å². The lowest BCUT2D eigenvalue weighted by atomic mass is 9.84. The summed E-state index contributed by atoms with van der Waals surface area (Å²) in [7, 11) is 0. The highest BCUT2D eigenvalue weighted by Crippen LogP contribution is 2.26. The molecular formula is C18H31N3O2. The predicted molar refractivity (Wildman–Crippen MR) is 93.4 cm³/mol. The summed E-state index contributed by atoms with van der Waals surface area (Å²) in [4.78, 5) is 4.57. The van der Waals surface area contributed by atoms with Gasteiger partial charge in [-0.05, 0) is 44.7 Å². The van der Waals surface area contributed by atoms with E-state index in [1.54, 1.807) is 25.3 Å². The zero-order valence-electron chi connectivity index (χ0n) is 14.6. The maximum absolute atomic E-state index is 10.5. The van der Waals surface area contributed by atoms with Crippen molar-refractivity contribution in [3.8, 4) is 0 Å². The highest BCUT2D eigenvalue weighted by molar-refractivity contribution is 5.80. The Morgan fingerprint density at radius 2 is 2.26 bits per heavy atom. The summed E-state index contributed by atoms with van der Waals surface area (Å²) in [5.41, 5.74) is -1.09. The van der Waals surface area contributed by atoms with Gasteiger partial charge >= 0.3 is 0 Å².